The summed E-state index contributed by atoms with van der Waals surface area (Å²) in [5, 5.41) is 0. The lowest BCUT2D eigenvalue weighted by Gasteiger charge is -2.53. The number of hydrogen-bond donors (Lipinski definition) is 0. The van der Waals surface area contributed by atoms with Crippen LogP contribution in [0.15, 0.2) is 18.2 Å². The Morgan fingerprint density at radius 2 is 2.12 bits per heavy atom. The minimum absolute atomic E-state index is 0.0230. The summed E-state index contributed by atoms with van der Waals surface area (Å²) in [5.41, 5.74) is 0.333. The second-order valence-corrected chi connectivity index (χ2v) is 6.59. The first kappa shape index (κ1) is 15.7. The standard InChI is InChI=1S/C18H23NO5/c1-2-21-13-6-7-24-18(10-13)11-19(12-18)17(20)14-4-3-5-15-16(14)23-9-8-22-15/h3-5,13H,2,6-12H2,1H3/t13-/m0/s1. The van der Waals surface area contributed by atoms with Crippen molar-refractivity contribution in [1.29, 1.82) is 0 Å². The maximum Gasteiger partial charge on any atom is 0.257 e. The molecule has 0 radical (unpaired) electrons. The average Bonchev–Trinajstić information content (AvgIpc) is 2.59. The van der Waals surface area contributed by atoms with E-state index >= 15 is 0 Å². The number of fused-ring (bicyclic) bond motifs is 1. The molecule has 0 saturated carbocycles. The van der Waals surface area contributed by atoms with E-state index in [1.807, 2.05) is 24.0 Å². The van der Waals surface area contributed by atoms with Crippen molar-refractivity contribution in [3.05, 3.63) is 23.8 Å². The highest BCUT2D eigenvalue weighted by Gasteiger charge is 2.50. The number of carbonyl (C=O) groups is 1. The maximum absolute atomic E-state index is 12.8. The van der Waals surface area contributed by atoms with E-state index in [-0.39, 0.29) is 17.6 Å². The zero-order valence-corrected chi connectivity index (χ0v) is 14.0. The van der Waals surface area contributed by atoms with E-state index in [0.717, 1.165) is 19.4 Å². The van der Waals surface area contributed by atoms with E-state index in [1.165, 1.54) is 0 Å². The topological polar surface area (TPSA) is 57.2 Å². The van der Waals surface area contributed by atoms with Crippen LogP contribution in [0.25, 0.3) is 0 Å². The van der Waals surface area contributed by atoms with Crippen molar-refractivity contribution in [3.63, 3.8) is 0 Å². The molecular weight excluding hydrogens is 310 g/mol. The first-order chi connectivity index (χ1) is 11.7. The van der Waals surface area contributed by atoms with Crippen LogP contribution in [0.4, 0.5) is 0 Å². The fourth-order valence-electron chi connectivity index (χ4n) is 3.79. The second-order valence-electron chi connectivity index (χ2n) is 6.59. The van der Waals surface area contributed by atoms with Crippen LogP contribution in [0.3, 0.4) is 0 Å². The second kappa shape index (κ2) is 6.26. The highest BCUT2D eigenvalue weighted by atomic mass is 16.6. The van der Waals surface area contributed by atoms with Gasteiger partial charge in [0.15, 0.2) is 11.5 Å². The quantitative estimate of drug-likeness (QED) is 0.845. The van der Waals surface area contributed by atoms with Gasteiger partial charge in [0.2, 0.25) is 0 Å². The number of ether oxygens (including phenoxy) is 4. The number of amides is 1. The molecule has 6 nitrogen and oxygen atoms in total. The molecule has 3 aliphatic rings. The Hall–Kier alpha value is -1.79. The Balaban J connectivity index is 1.45. The molecular formula is C18H23NO5. The molecule has 0 aliphatic carbocycles. The van der Waals surface area contributed by atoms with Crippen molar-refractivity contribution in [2.24, 2.45) is 0 Å². The van der Waals surface area contributed by atoms with Crippen LogP contribution in [-0.4, -0.2) is 62.0 Å². The molecule has 2 saturated heterocycles. The minimum atomic E-state index is -0.236. The third-order valence-corrected chi connectivity index (χ3v) is 4.89. The fourth-order valence-corrected chi connectivity index (χ4v) is 3.79. The molecule has 0 bridgehead atoms. The largest absolute Gasteiger partial charge is 0.486 e. The Morgan fingerprint density at radius 1 is 1.29 bits per heavy atom. The van der Waals surface area contributed by atoms with Gasteiger partial charge in [-0.1, -0.05) is 6.07 Å². The van der Waals surface area contributed by atoms with E-state index in [0.29, 0.717) is 50.0 Å². The van der Waals surface area contributed by atoms with Crippen LogP contribution in [0.1, 0.15) is 30.1 Å². The van der Waals surface area contributed by atoms with Crippen LogP contribution >= 0.6 is 0 Å². The van der Waals surface area contributed by atoms with Crippen LogP contribution in [0, 0.1) is 0 Å². The summed E-state index contributed by atoms with van der Waals surface area (Å²) in [5.74, 6) is 1.18. The minimum Gasteiger partial charge on any atom is -0.486 e. The van der Waals surface area contributed by atoms with Crippen LogP contribution < -0.4 is 9.47 Å². The molecule has 6 heteroatoms. The van der Waals surface area contributed by atoms with E-state index in [1.54, 1.807) is 6.07 Å². The smallest absolute Gasteiger partial charge is 0.257 e. The van der Waals surface area contributed by atoms with E-state index in [4.69, 9.17) is 18.9 Å². The molecule has 1 atom stereocenters. The van der Waals surface area contributed by atoms with Crippen LogP contribution in [0.5, 0.6) is 11.5 Å². The van der Waals surface area contributed by atoms with Gasteiger partial charge >= 0.3 is 0 Å². The molecule has 0 unspecified atom stereocenters. The van der Waals surface area contributed by atoms with Gasteiger partial charge in [0.05, 0.1) is 24.8 Å². The molecule has 3 aliphatic heterocycles. The Labute approximate surface area is 141 Å². The Kier molecular flexibility index (Phi) is 4.10. The molecule has 0 aromatic heterocycles. The summed E-state index contributed by atoms with van der Waals surface area (Å²) >= 11 is 0. The molecule has 0 N–H and O–H groups in total. The average molecular weight is 333 g/mol. The van der Waals surface area contributed by atoms with Crippen molar-refractivity contribution in [2.45, 2.75) is 31.5 Å². The maximum atomic E-state index is 12.8. The van der Waals surface area contributed by atoms with Gasteiger partial charge in [-0.15, -0.1) is 0 Å². The summed E-state index contributed by atoms with van der Waals surface area (Å²) in [6.07, 6.45) is 2.03. The Bertz CT molecular complexity index is 624. The molecule has 1 aromatic carbocycles. The predicted molar refractivity (Wildman–Crippen MR) is 86.7 cm³/mol. The predicted octanol–water partition coefficient (Wildman–Crippen LogP) is 1.87. The lowest BCUT2D eigenvalue weighted by molar-refractivity contribution is -0.185. The lowest BCUT2D eigenvalue weighted by Crippen LogP contribution is -2.67. The Morgan fingerprint density at radius 3 is 2.96 bits per heavy atom. The highest BCUT2D eigenvalue weighted by molar-refractivity contribution is 5.98. The van der Waals surface area contributed by atoms with Crippen molar-refractivity contribution in [3.8, 4) is 11.5 Å². The van der Waals surface area contributed by atoms with E-state index in [2.05, 4.69) is 0 Å². The number of hydrogen-bond acceptors (Lipinski definition) is 5. The number of nitrogens with zero attached hydrogens (tertiary/aromatic N) is 1. The molecule has 1 aromatic rings. The molecule has 24 heavy (non-hydrogen) atoms. The van der Waals surface area contributed by atoms with Gasteiger partial charge in [0, 0.05) is 19.6 Å². The van der Waals surface area contributed by atoms with Gasteiger partial charge in [-0.25, -0.2) is 0 Å². The van der Waals surface area contributed by atoms with Gasteiger partial charge in [0.25, 0.3) is 5.91 Å². The van der Waals surface area contributed by atoms with Crippen LogP contribution in [0.2, 0.25) is 0 Å². The number of benzene rings is 1. The number of rotatable bonds is 3. The summed E-state index contributed by atoms with van der Waals surface area (Å²) in [6.45, 7) is 5.64. The normalized spacial score (nSPS) is 24.5. The van der Waals surface area contributed by atoms with Crippen LogP contribution in [-0.2, 0) is 9.47 Å². The number of carbonyl (C=O) groups excluding carboxylic acids is 1. The van der Waals surface area contributed by atoms with Crippen molar-refractivity contribution < 1.29 is 23.7 Å². The molecule has 130 valence electrons. The van der Waals surface area contributed by atoms with Crippen molar-refractivity contribution in [2.75, 3.05) is 39.5 Å². The third-order valence-electron chi connectivity index (χ3n) is 4.89. The fraction of sp³-hybridized carbons (Fsp3) is 0.611. The highest BCUT2D eigenvalue weighted by Crippen LogP contribution is 2.39. The van der Waals surface area contributed by atoms with E-state index in [9.17, 15) is 4.79 Å². The molecule has 1 amide bonds. The van der Waals surface area contributed by atoms with Gasteiger partial charge < -0.3 is 23.8 Å². The third kappa shape index (κ3) is 2.74. The monoisotopic (exact) mass is 333 g/mol. The summed E-state index contributed by atoms with van der Waals surface area (Å²) in [4.78, 5) is 14.7. The van der Waals surface area contributed by atoms with Crippen molar-refractivity contribution in [1.82, 2.24) is 4.90 Å². The first-order valence-electron chi connectivity index (χ1n) is 8.64. The zero-order valence-electron chi connectivity index (χ0n) is 14.0. The van der Waals surface area contributed by atoms with Gasteiger partial charge in [0.1, 0.15) is 18.8 Å². The van der Waals surface area contributed by atoms with Gasteiger partial charge in [-0.2, -0.15) is 0 Å². The van der Waals surface area contributed by atoms with Gasteiger partial charge in [-0.3, -0.25) is 4.79 Å². The molecule has 4 rings (SSSR count). The molecule has 2 fully saturated rings. The van der Waals surface area contributed by atoms with Gasteiger partial charge in [-0.05, 0) is 25.5 Å². The number of likely N-dealkylation sites (tertiary alicyclic amines) is 1. The van der Waals surface area contributed by atoms with E-state index < -0.39 is 0 Å². The SMILES string of the molecule is CCO[C@H]1CCOC2(C1)CN(C(=O)c1cccc3c1OCCO3)C2. The molecule has 3 heterocycles. The summed E-state index contributed by atoms with van der Waals surface area (Å²) in [7, 11) is 0. The zero-order chi connectivity index (χ0) is 16.6. The summed E-state index contributed by atoms with van der Waals surface area (Å²) in [6, 6.07) is 5.46. The molecule has 1 spiro atoms. The van der Waals surface area contributed by atoms with Crippen molar-refractivity contribution >= 4 is 5.91 Å². The lowest BCUT2D eigenvalue weighted by atomic mass is 9.84. The summed E-state index contributed by atoms with van der Waals surface area (Å²) < 4.78 is 22.9. The first-order valence-corrected chi connectivity index (χ1v) is 8.64. The number of para-hydroxylation sites is 1.